The molecule has 6 aromatic rings. The molecule has 15 nitrogen and oxygen atoms in total. The van der Waals surface area contributed by atoms with Gasteiger partial charge < -0.3 is 37.9 Å². The molecule has 402 valence electrons. The Kier molecular flexibility index (Phi) is 23.8. The smallest absolute Gasteiger partial charge is 0.343 e. The molecular weight excluding hydrogens is 981 g/mol. The zero-order chi connectivity index (χ0) is 54.5. The Balaban J connectivity index is 1.21. The van der Waals surface area contributed by atoms with Crippen LogP contribution in [0, 0.1) is 0 Å². The van der Waals surface area contributed by atoms with Gasteiger partial charge in [0.2, 0.25) is 0 Å². The SMILES string of the molecule is C=CC(=O)OCCCCCCOc1ccc(C(=O)Oc2ccc(OC(=O)c3ccc(OCCCCCCOC(=O)C=C)cc3)c(OCCCCCCOC(=O)C=C)c2/C=N/Nc2cc3ccccc3c3ccccc23)cc1. The number of esters is 5. The third-order valence-corrected chi connectivity index (χ3v) is 12.0. The Morgan fingerprint density at radius 1 is 0.442 bits per heavy atom. The summed E-state index contributed by atoms with van der Waals surface area (Å²) < 4.78 is 45.7. The van der Waals surface area contributed by atoms with E-state index in [2.05, 4.69) is 42.4 Å². The van der Waals surface area contributed by atoms with Crippen molar-refractivity contribution < 1.29 is 61.9 Å². The molecule has 0 amide bonds. The molecule has 6 rings (SSSR count). The maximum Gasteiger partial charge on any atom is 0.343 e. The average Bonchev–Trinajstić information content (AvgIpc) is 3.47. The number of ether oxygens (including phenoxy) is 8. The van der Waals surface area contributed by atoms with Crippen molar-refractivity contribution in [2.75, 3.05) is 45.1 Å². The van der Waals surface area contributed by atoms with Crippen LogP contribution < -0.4 is 29.1 Å². The predicted molar refractivity (Wildman–Crippen MR) is 297 cm³/mol. The first-order valence-electron chi connectivity index (χ1n) is 25.9. The monoisotopic (exact) mass is 1050 g/mol. The van der Waals surface area contributed by atoms with Crippen LogP contribution in [0.3, 0.4) is 0 Å². The van der Waals surface area contributed by atoms with E-state index >= 15 is 0 Å². The second kappa shape index (κ2) is 31.9. The summed E-state index contributed by atoms with van der Waals surface area (Å²) in [5.41, 5.74) is 4.66. The van der Waals surface area contributed by atoms with Crippen molar-refractivity contribution in [1.29, 1.82) is 0 Å². The van der Waals surface area contributed by atoms with Gasteiger partial charge in [-0.1, -0.05) is 68.3 Å². The predicted octanol–water partition coefficient (Wildman–Crippen LogP) is 12.9. The minimum atomic E-state index is -0.671. The molecule has 0 aromatic heterocycles. The molecule has 0 fully saturated rings. The van der Waals surface area contributed by atoms with Crippen LogP contribution in [0.1, 0.15) is 103 Å². The molecule has 0 saturated carbocycles. The highest BCUT2D eigenvalue weighted by Gasteiger charge is 2.22. The number of nitrogens with zero attached hydrogens (tertiary/aromatic N) is 1. The number of unbranched alkanes of at least 4 members (excludes halogenated alkanes) is 9. The van der Waals surface area contributed by atoms with Gasteiger partial charge in [-0.25, -0.2) is 24.0 Å². The molecule has 0 saturated heterocycles. The number of fused-ring (bicyclic) bond motifs is 3. The van der Waals surface area contributed by atoms with Gasteiger partial charge in [-0.15, -0.1) is 0 Å². The van der Waals surface area contributed by atoms with Gasteiger partial charge in [-0.05, 0) is 160 Å². The van der Waals surface area contributed by atoms with E-state index in [0.29, 0.717) is 50.8 Å². The molecule has 77 heavy (non-hydrogen) atoms. The summed E-state index contributed by atoms with van der Waals surface area (Å²) in [5, 5.41) is 8.74. The number of hydrazone groups is 1. The number of carbonyl (C=O) groups excluding carboxylic acids is 5. The molecule has 15 heteroatoms. The number of nitrogens with one attached hydrogen (secondary N) is 1. The number of benzene rings is 6. The molecule has 6 aromatic carbocycles. The lowest BCUT2D eigenvalue weighted by Crippen LogP contribution is -2.14. The molecule has 0 unspecified atom stereocenters. The van der Waals surface area contributed by atoms with E-state index in [4.69, 9.17) is 37.9 Å². The van der Waals surface area contributed by atoms with Gasteiger partial charge in [0, 0.05) is 23.6 Å². The summed E-state index contributed by atoms with van der Waals surface area (Å²) in [5.74, 6) is -1.27. The number of anilines is 1. The lowest BCUT2D eigenvalue weighted by molar-refractivity contribution is -0.138. The van der Waals surface area contributed by atoms with Crippen molar-refractivity contribution in [1.82, 2.24) is 0 Å². The van der Waals surface area contributed by atoms with Crippen molar-refractivity contribution in [3.8, 4) is 28.7 Å². The first-order valence-corrected chi connectivity index (χ1v) is 25.9. The van der Waals surface area contributed by atoms with Crippen LogP contribution in [0.2, 0.25) is 0 Å². The van der Waals surface area contributed by atoms with Crippen molar-refractivity contribution in [3.63, 3.8) is 0 Å². The Morgan fingerprint density at radius 2 is 0.857 bits per heavy atom. The Morgan fingerprint density at radius 3 is 1.35 bits per heavy atom. The minimum absolute atomic E-state index is 0.0564. The molecule has 0 spiro atoms. The average molecular weight is 1050 g/mol. The molecule has 1 N–H and O–H groups in total. The zero-order valence-corrected chi connectivity index (χ0v) is 43.4. The van der Waals surface area contributed by atoms with Gasteiger partial charge in [-0.2, -0.15) is 5.10 Å². The largest absolute Gasteiger partial charge is 0.494 e. The summed E-state index contributed by atoms with van der Waals surface area (Å²) in [7, 11) is 0. The first-order chi connectivity index (χ1) is 37.7. The summed E-state index contributed by atoms with van der Waals surface area (Å²) in [4.78, 5) is 61.8. The van der Waals surface area contributed by atoms with Gasteiger partial charge in [0.05, 0.1) is 68.2 Å². The third-order valence-electron chi connectivity index (χ3n) is 12.0. The van der Waals surface area contributed by atoms with E-state index in [1.54, 1.807) is 48.5 Å². The highest BCUT2D eigenvalue weighted by Crippen LogP contribution is 2.39. The standard InChI is InChI=1S/C62H66N2O13/c1-4-57(65)72-39-19-9-7-17-37-70-48-31-27-45(28-32-48)61(68)76-55-35-36-56(77-62(69)46-29-33-49(34-30-46)71-38-18-8-10-20-40-73-58(66)5-2)60(75-42-22-12-11-21-41-74-59(67)6-3)53(55)44-63-64-54-43-47-23-13-14-24-50(47)51-25-15-16-26-52(51)54/h4-6,13-16,23-36,43-44,64H,1-3,7-12,17-22,37-42H2/b63-44+. The van der Waals surface area contributed by atoms with Crippen molar-refractivity contribution in [2.45, 2.75) is 77.0 Å². The molecule has 0 atom stereocenters. The highest BCUT2D eigenvalue weighted by atomic mass is 16.6. The van der Waals surface area contributed by atoms with Crippen LogP contribution in [0.15, 0.2) is 158 Å². The van der Waals surface area contributed by atoms with Gasteiger partial charge >= 0.3 is 29.8 Å². The van der Waals surface area contributed by atoms with E-state index in [0.717, 1.165) is 110 Å². The van der Waals surface area contributed by atoms with Crippen LogP contribution in [0.5, 0.6) is 28.7 Å². The first kappa shape index (κ1) is 57.6. The van der Waals surface area contributed by atoms with Crippen LogP contribution in [0.25, 0.3) is 21.5 Å². The highest BCUT2D eigenvalue weighted by molar-refractivity contribution is 6.13. The molecular formula is C62H66N2O13. The number of hydrogen-bond donors (Lipinski definition) is 1. The van der Waals surface area contributed by atoms with Crippen LogP contribution >= 0.6 is 0 Å². The van der Waals surface area contributed by atoms with Crippen LogP contribution in [0.4, 0.5) is 5.69 Å². The summed E-state index contributed by atoms with van der Waals surface area (Å²) >= 11 is 0. The minimum Gasteiger partial charge on any atom is -0.494 e. The fourth-order valence-electron chi connectivity index (χ4n) is 7.93. The van der Waals surface area contributed by atoms with E-state index in [1.165, 1.54) is 18.3 Å². The quantitative estimate of drug-likeness (QED) is 0.00588. The normalized spacial score (nSPS) is 10.9. The fraction of sp³-hybridized carbons (Fsp3) is 0.290. The maximum atomic E-state index is 13.9. The van der Waals surface area contributed by atoms with Crippen LogP contribution in [-0.2, 0) is 28.6 Å². The summed E-state index contributed by atoms with van der Waals surface area (Å²) in [6.45, 7) is 12.3. The van der Waals surface area contributed by atoms with Gasteiger partial charge in [0.25, 0.3) is 0 Å². The molecule has 0 radical (unpaired) electrons. The van der Waals surface area contributed by atoms with Gasteiger partial charge in [-0.3, -0.25) is 5.43 Å². The molecule has 0 bridgehead atoms. The van der Waals surface area contributed by atoms with E-state index < -0.39 is 29.8 Å². The number of rotatable bonds is 34. The van der Waals surface area contributed by atoms with Gasteiger partial charge in [0.1, 0.15) is 17.2 Å². The van der Waals surface area contributed by atoms with Crippen molar-refractivity contribution in [2.24, 2.45) is 5.10 Å². The topological polar surface area (TPSA) is 184 Å². The second-order valence-electron chi connectivity index (χ2n) is 17.6. The van der Waals surface area contributed by atoms with E-state index in [-0.39, 0.29) is 47.2 Å². The lowest BCUT2D eigenvalue weighted by Gasteiger charge is -2.17. The molecule has 0 heterocycles. The second-order valence-corrected chi connectivity index (χ2v) is 17.6. The van der Waals surface area contributed by atoms with Crippen molar-refractivity contribution in [3.05, 3.63) is 170 Å². The van der Waals surface area contributed by atoms with Crippen LogP contribution in [-0.4, -0.2) is 75.7 Å². The number of carbonyl (C=O) groups is 5. The molecule has 0 aliphatic carbocycles. The van der Waals surface area contributed by atoms with Crippen molar-refractivity contribution >= 4 is 63.3 Å². The van der Waals surface area contributed by atoms with E-state index in [1.807, 2.05) is 42.5 Å². The zero-order valence-electron chi connectivity index (χ0n) is 43.4. The summed E-state index contributed by atoms with van der Waals surface area (Å²) in [6, 6.07) is 34.3. The fourth-order valence-corrected chi connectivity index (χ4v) is 7.93. The molecule has 0 aliphatic heterocycles. The Bertz CT molecular complexity index is 2970. The summed E-state index contributed by atoms with van der Waals surface area (Å²) in [6.07, 6.45) is 14.2. The van der Waals surface area contributed by atoms with E-state index in [9.17, 15) is 24.0 Å². The van der Waals surface area contributed by atoms with Gasteiger partial charge in [0.15, 0.2) is 11.5 Å². The maximum absolute atomic E-state index is 13.9. The third kappa shape index (κ3) is 18.9. The number of hydrogen-bond acceptors (Lipinski definition) is 15. The molecule has 0 aliphatic rings. The Labute approximate surface area is 449 Å². The Hall–Kier alpha value is -8.72. The lowest BCUT2D eigenvalue weighted by atomic mass is 10.0.